The molecule has 1 fully saturated rings. The molecule has 0 aliphatic carbocycles. The van der Waals surface area contributed by atoms with Gasteiger partial charge in [0.25, 0.3) is 0 Å². The van der Waals surface area contributed by atoms with Crippen LogP contribution in [-0.4, -0.2) is 60.1 Å². The number of carbonyl (C=O) groups is 2. The first-order valence-corrected chi connectivity index (χ1v) is 9.91. The molecule has 2 heterocycles. The van der Waals surface area contributed by atoms with Gasteiger partial charge in [0.15, 0.2) is 0 Å². The van der Waals surface area contributed by atoms with E-state index in [2.05, 4.69) is 11.4 Å². The van der Waals surface area contributed by atoms with Crippen molar-refractivity contribution in [1.29, 1.82) is 0 Å². The molecule has 0 bridgehead atoms. The molecule has 6 nitrogen and oxygen atoms in total. The minimum Gasteiger partial charge on any atom is -0.493 e. The smallest absolute Gasteiger partial charge is 0.317 e. The lowest BCUT2D eigenvalue weighted by molar-refractivity contribution is -0.130. The van der Waals surface area contributed by atoms with Gasteiger partial charge >= 0.3 is 6.03 Å². The maximum Gasteiger partial charge on any atom is 0.317 e. The van der Waals surface area contributed by atoms with Gasteiger partial charge in [0.2, 0.25) is 5.91 Å². The van der Waals surface area contributed by atoms with Gasteiger partial charge in [-0.25, -0.2) is 4.79 Å². The summed E-state index contributed by atoms with van der Waals surface area (Å²) >= 11 is 0. The minimum absolute atomic E-state index is 0.0495. The van der Waals surface area contributed by atoms with Gasteiger partial charge in [0.05, 0.1) is 13.0 Å². The van der Waals surface area contributed by atoms with Crippen molar-refractivity contribution in [2.75, 3.05) is 32.8 Å². The molecule has 2 aliphatic heterocycles. The van der Waals surface area contributed by atoms with E-state index >= 15 is 0 Å². The van der Waals surface area contributed by atoms with Crippen LogP contribution in [0.4, 0.5) is 4.79 Å². The normalized spacial score (nSPS) is 17.6. The molecule has 27 heavy (non-hydrogen) atoms. The third-order valence-corrected chi connectivity index (χ3v) is 4.95. The molecule has 0 saturated carbocycles. The Kier molecular flexibility index (Phi) is 5.92. The molecular formula is C21H31N3O3. The second-order valence-corrected chi connectivity index (χ2v) is 8.47. The maximum atomic E-state index is 12.8. The van der Waals surface area contributed by atoms with Crippen LogP contribution in [0.1, 0.15) is 44.7 Å². The fourth-order valence-electron chi connectivity index (χ4n) is 3.58. The Morgan fingerprint density at radius 3 is 2.59 bits per heavy atom. The molecule has 148 valence electrons. The lowest BCUT2D eigenvalue weighted by atomic mass is 10.0. The van der Waals surface area contributed by atoms with E-state index in [4.69, 9.17) is 4.74 Å². The fraction of sp³-hybridized carbons (Fsp3) is 0.619. The zero-order valence-corrected chi connectivity index (χ0v) is 16.7. The van der Waals surface area contributed by atoms with Crippen LogP contribution in [0.2, 0.25) is 0 Å². The molecule has 2 aliphatic rings. The van der Waals surface area contributed by atoms with Gasteiger partial charge in [-0.1, -0.05) is 12.1 Å². The van der Waals surface area contributed by atoms with E-state index < -0.39 is 0 Å². The molecule has 0 radical (unpaired) electrons. The molecule has 6 heteroatoms. The van der Waals surface area contributed by atoms with Gasteiger partial charge in [-0.3, -0.25) is 4.79 Å². The molecule has 0 spiro atoms. The first-order valence-electron chi connectivity index (χ1n) is 9.91. The average Bonchev–Trinajstić information content (AvgIpc) is 2.86. The standard InChI is InChI=1S/C21H31N3O3/c1-21(2,3)22-20(26)24-10-5-9-23(11-12-24)19(25)15-16-7-8-18-17(14-16)6-4-13-27-18/h7-8,14H,4-6,9-13,15H2,1-3H3,(H,22,26). The van der Waals surface area contributed by atoms with Crippen molar-refractivity contribution >= 4 is 11.9 Å². The van der Waals surface area contributed by atoms with Crippen molar-refractivity contribution in [3.05, 3.63) is 29.3 Å². The third-order valence-electron chi connectivity index (χ3n) is 4.95. The summed E-state index contributed by atoms with van der Waals surface area (Å²) < 4.78 is 5.65. The maximum absolute atomic E-state index is 12.8. The Labute approximate surface area is 161 Å². The van der Waals surface area contributed by atoms with Crippen molar-refractivity contribution in [3.8, 4) is 5.75 Å². The minimum atomic E-state index is -0.255. The number of benzene rings is 1. The zero-order chi connectivity index (χ0) is 19.4. The fourth-order valence-corrected chi connectivity index (χ4v) is 3.58. The van der Waals surface area contributed by atoms with E-state index in [0.717, 1.165) is 37.2 Å². The van der Waals surface area contributed by atoms with Crippen LogP contribution in [0.25, 0.3) is 0 Å². The van der Waals surface area contributed by atoms with E-state index in [9.17, 15) is 9.59 Å². The number of aryl methyl sites for hydroxylation is 1. The molecule has 0 unspecified atom stereocenters. The summed E-state index contributed by atoms with van der Waals surface area (Å²) in [6, 6.07) is 6.03. The van der Waals surface area contributed by atoms with Crippen LogP contribution < -0.4 is 10.1 Å². The van der Waals surface area contributed by atoms with Gasteiger partial charge in [0.1, 0.15) is 5.75 Å². The Bertz CT molecular complexity index is 696. The van der Waals surface area contributed by atoms with E-state index in [1.54, 1.807) is 0 Å². The number of amides is 3. The Balaban J connectivity index is 1.56. The second kappa shape index (κ2) is 8.19. The number of rotatable bonds is 2. The van der Waals surface area contributed by atoms with Gasteiger partial charge in [0, 0.05) is 31.7 Å². The van der Waals surface area contributed by atoms with Gasteiger partial charge < -0.3 is 19.9 Å². The number of hydrogen-bond donors (Lipinski definition) is 1. The van der Waals surface area contributed by atoms with E-state index in [0.29, 0.717) is 32.6 Å². The number of ether oxygens (including phenoxy) is 1. The molecule has 1 saturated heterocycles. The molecular weight excluding hydrogens is 342 g/mol. The lowest BCUT2D eigenvalue weighted by Crippen LogP contribution is -2.49. The molecule has 1 N–H and O–H groups in total. The quantitative estimate of drug-likeness (QED) is 0.867. The zero-order valence-electron chi connectivity index (χ0n) is 16.7. The second-order valence-electron chi connectivity index (χ2n) is 8.47. The SMILES string of the molecule is CC(C)(C)NC(=O)N1CCCN(C(=O)Cc2ccc3c(c2)CCCO3)CC1. The van der Waals surface area contributed by atoms with Crippen LogP contribution in [0.5, 0.6) is 5.75 Å². The molecule has 3 rings (SSSR count). The van der Waals surface area contributed by atoms with Crippen molar-refractivity contribution in [1.82, 2.24) is 15.1 Å². The van der Waals surface area contributed by atoms with Crippen molar-refractivity contribution < 1.29 is 14.3 Å². The summed E-state index contributed by atoms with van der Waals surface area (Å²) in [4.78, 5) is 28.8. The highest BCUT2D eigenvalue weighted by Gasteiger charge is 2.24. The van der Waals surface area contributed by atoms with E-state index in [-0.39, 0.29) is 17.5 Å². The predicted octanol–water partition coefficient (Wildman–Crippen LogP) is 2.60. The summed E-state index contributed by atoms with van der Waals surface area (Å²) in [5, 5.41) is 3.00. The van der Waals surface area contributed by atoms with Crippen LogP contribution in [0.3, 0.4) is 0 Å². The average molecular weight is 373 g/mol. The van der Waals surface area contributed by atoms with Gasteiger partial charge in [-0.2, -0.15) is 0 Å². The predicted molar refractivity (Wildman–Crippen MR) is 105 cm³/mol. The third kappa shape index (κ3) is 5.37. The highest BCUT2D eigenvalue weighted by molar-refractivity contribution is 5.79. The molecule has 1 aromatic rings. The summed E-state index contributed by atoms with van der Waals surface area (Å²) in [7, 11) is 0. The highest BCUT2D eigenvalue weighted by atomic mass is 16.5. The molecule has 0 atom stereocenters. The van der Waals surface area contributed by atoms with Crippen molar-refractivity contribution in [3.63, 3.8) is 0 Å². The number of nitrogens with zero attached hydrogens (tertiary/aromatic N) is 2. The summed E-state index contributed by atoms with van der Waals surface area (Å²) in [5.41, 5.74) is 1.98. The largest absolute Gasteiger partial charge is 0.493 e. The number of carbonyl (C=O) groups excluding carboxylic acids is 2. The summed E-state index contributed by atoms with van der Waals surface area (Å²) in [6.07, 6.45) is 3.25. The van der Waals surface area contributed by atoms with Gasteiger partial charge in [-0.15, -0.1) is 0 Å². The highest BCUT2D eigenvalue weighted by Crippen LogP contribution is 2.26. The Hall–Kier alpha value is -2.24. The summed E-state index contributed by atoms with van der Waals surface area (Å²) in [6.45, 7) is 9.25. The van der Waals surface area contributed by atoms with Gasteiger partial charge in [-0.05, 0) is 57.2 Å². The Morgan fingerprint density at radius 2 is 1.81 bits per heavy atom. The van der Waals surface area contributed by atoms with Crippen LogP contribution in [-0.2, 0) is 17.6 Å². The van der Waals surface area contributed by atoms with Crippen molar-refractivity contribution in [2.45, 2.75) is 52.0 Å². The molecule has 3 amide bonds. The van der Waals surface area contributed by atoms with E-state index in [1.165, 1.54) is 5.56 Å². The van der Waals surface area contributed by atoms with Crippen LogP contribution in [0, 0.1) is 0 Å². The number of fused-ring (bicyclic) bond motifs is 1. The number of hydrogen-bond acceptors (Lipinski definition) is 3. The van der Waals surface area contributed by atoms with E-state index in [1.807, 2.05) is 42.7 Å². The molecule has 0 aromatic heterocycles. The molecule has 1 aromatic carbocycles. The Morgan fingerprint density at radius 1 is 1.07 bits per heavy atom. The number of urea groups is 1. The van der Waals surface area contributed by atoms with Crippen molar-refractivity contribution in [2.24, 2.45) is 0 Å². The number of nitrogens with one attached hydrogen (secondary N) is 1. The topological polar surface area (TPSA) is 61.9 Å². The first kappa shape index (κ1) is 19.5. The lowest BCUT2D eigenvalue weighted by Gasteiger charge is -2.27. The van der Waals surface area contributed by atoms with Crippen LogP contribution in [0.15, 0.2) is 18.2 Å². The monoisotopic (exact) mass is 373 g/mol. The summed E-state index contributed by atoms with van der Waals surface area (Å²) in [5.74, 6) is 1.08. The first-order chi connectivity index (χ1) is 12.8. The van der Waals surface area contributed by atoms with Crippen LogP contribution >= 0.6 is 0 Å².